The molecule has 0 amide bonds. The molecule has 0 saturated carbocycles. The second kappa shape index (κ2) is 7.09. The molecule has 112 valence electrons. The number of carbonyl (C=O) groups excluding carboxylic acids is 1. The van der Waals surface area contributed by atoms with Crippen molar-refractivity contribution in [2.75, 3.05) is 6.61 Å². The van der Waals surface area contributed by atoms with Crippen LogP contribution in [0.2, 0.25) is 0 Å². The van der Waals surface area contributed by atoms with Crippen LogP contribution >= 0.6 is 11.3 Å². The van der Waals surface area contributed by atoms with Crippen molar-refractivity contribution in [2.24, 2.45) is 0 Å². The summed E-state index contributed by atoms with van der Waals surface area (Å²) in [5, 5.41) is 3.19. The molecule has 4 heteroatoms. The van der Waals surface area contributed by atoms with Crippen molar-refractivity contribution in [3.05, 3.63) is 65.5 Å². The molecule has 1 aromatic heterocycles. The summed E-state index contributed by atoms with van der Waals surface area (Å²) < 4.78 is 12.0. The first kappa shape index (κ1) is 14.6. The van der Waals surface area contributed by atoms with Gasteiger partial charge in [-0.25, -0.2) is 0 Å². The number of hydrogen-bond acceptors (Lipinski definition) is 4. The highest BCUT2D eigenvalue weighted by Gasteiger charge is 2.07. The molecule has 0 saturated heterocycles. The number of carbonyl (C=O) groups is 1. The lowest BCUT2D eigenvalue weighted by atomic mass is 10.2. The van der Waals surface area contributed by atoms with E-state index in [1.807, 2.05) is 53.9 Å². The van der Waals surface area contributed by atoms with Crippen LogP contribution in [0.4, 0.5) is 0 Å². The molecular weight excluding hydrogens is 296 g/mol. The van der Waals surface area contributed by atoms with Crippen molar-refractivity contribution in [1.82, 2.24) is 0 Å². The molecule has 0 aliphatic heterocycles. The van der Waals surface area contributed by atoms with Gasteiger partial charge in [0.05, 0.1) is 13.0 Å². The van der Waals surface area contributed by atoms with Gasteiger partial charge < -0.3 is 9.47 Å². The highest BCUT2D eigenvalue weighted by Crippen LogP contribution is 2.26. The van der Waals surface area contributed by atoms with E-state index in [-0.39, 0.29) is 12.4 Å². The Labute approximate surface area is 133 Å². The normalized spacial score (nSPS) is 10.5. The van der Waals surface area contributed by atoms with Crippen molar-refractivity contribution in [3.8, 4) is 5.75 Å². The second-order valence-corrected chi connectivity index (χ2v) is 5.74. The zero-order valence-electron chi connectivity index (χ0n) is 12.0. The van der Waals surface area contributed by atoms with Crippen LogP contribution < -0.4 is 4.74 Å². The number of esters is 1. The number of fused-ring (bicyclic) bond motifs is 1. The summed E-state index contributed by atoms with van der Waals surface area (Å²) in [5.74, 6) is 0.519. The summed E-state index contributed by atoms with van der Waals surface area (Å²) in [6, 6.07) is 17.6. The fourth-order valence-electron chi connectivity index (χ4n) is 2.14. The average molecular weight is 312 g/mol. The highest BCUT2D eigenvalue weighted by atomic mass is 32.1. The lowest BCUT2D eigenvalue weighted by molar-refractivity contribution is -0.145. The lowest BCUT2D eigenvalue weighted by Gasteiger charge is -2.06. The van der Waals surface area contributed by atoms with Crippen molar-refractivity contribution >= 4 is 27.4 Å². The van der Waals surface area contributed by atoms with E-state index in [0.29, 0.717) is 13.2 Å². The molecule has 1 heterocycles. The molecule has 0 atom stereocenters. The number of para-hydroxylation sites is 1. The first-order valence-corrected chi connectivity index (χ1v) is 7.99. The van der Waals surface area contributed by atoms with Gasteiger partial charge in [-0.3, -0.25) is 4.79 Å². The number of rotatable bonds is 6. The van der Waals surface area contributed by atoms with E-state index in [0.717, 1.165) is 16.7 Å². The van der Waals surface area contributed by atoms with E-state index in [1.165, 1.54) is 4.70 Å². The average Bonchev–Trinajstić information content (AvgIpc) is 2.97. The van der Waals surface area contributed by atoms with E-state index in [9.17, 15) is 4.79 Å². The van der Waals surface area contributed by atoms with Crippen LogP contribution in [0.3, 0.4) is 0 Å². The smallest absolute Gasteiger partial charge is 0.309 e. The van der Waals surface area contributed by atoms with Gasteiger partial charge in [-0.05, 0) is 29.0 Å². The molecule has 3 rings (SSSR count). The Kier molecular flexibility index (Phi) is 4.71. The molecular formula is C18H16O3S. The minimum Gasteiger partial charge on any atom is -0.493 e. The Bertz CT molecular complexity index is 749. The zero-order chi connectivity index (χ0) is 15.2. The Morgan fingerprint density at radius 3 is 2.64 bits per heavy atom. The van der Waals surface area contributed by atoms with Gasteiger partial charge in [-0.1, -0.05) is 36.4 Å². The summed E-state index contributed by atoms with van der Waals surface area (Å²) in [6.07, 6.45) is 0.247. The Morgan fingerprint density at radius 1 is 1.00 bits per heavy atom. The third-order valence-electron chi connectivity index (χ3n) is 3.27. The van der Waals surface area contributed by atoms with Crippen LogP contribution in [0.15, 0.2) is 60.0 Å². The van der Waals surface area contributed by atoms with Crippen LogP contribution in [0.25, 0.3) is 10.1 Å². The van der Waals surface area contributed by atoms with Gasteiger partial charge >= 0.3 is 5.97 Å². The lowest BCUT2D eigenvalue weighted by Crippen LogP contribution is -2.09. The number of hydrogen-bond donors (Lipinski definition) is 0. The van der Waals surface area contributed by atoms with E-state index >= 15 is 0 Å². The van der Waals surface area contributed by atoms with Crippen LogP contribution in [-0.2, 0) is 16.1 Å². The highest BCUT2D eigenvalue weighted by molar-refractivity contribution is 7.17. The van der Waals surface area contributed by atoms with Gasteiger partial charge in [0.2, 0.25) is 0 Å². The van der Waals surface area contributed by atoms with Gasteiger partial charge in [0.1, 0.15) is 12.4 Å². The summed E-state index contributed by atoms with van der Waals surface area (Å²) >= 11 is 1.66. The van der Waals surface area contributed by atoms with E-state index in [1.54, 1.807) is 11.3 Å². The molecule has 3 nitrogen and oxygen atoms in total. The molecule has 0 bridgehead atoms. The zero-order valence-corrected chi connectivity index (χ0v) is 12.8. The van der Waals surface area contributed by atoms with Crippen molar-refractivity contribution in [2.45, 2.75) is 13.0 Å². The predicted octanol–water partition coefficient (Wildman–Crippen LogP) is 4.41. The monoisotopic (exact) mass is 312 g/mol. The van der Waals surface area contributed by atoms with Crippen molar-refractivity contribution in [1.29, 1.82) is 0 Å². The Morgan fingerprint density at radius 2 is 1.77 bits per heavy atom. The fraction of sp³-hybridized carbons (Fsp3) is 0.167. The minimum atomic E-state index is -0.244. The molecule has 0 fully saturated rings. The number of ether oxygens (including phenoxy) is 2. The second-order valence-electron chi connectivity index (χ2n) is 4.83. The largest absolute Gasteiger partial charge is 0.493 e. The van der Waals surface area contributed by atoms with E-state index < -0.39 is 0 Å². The van der Waals surface area contributed by atoms with Gasteiger partial charge in [0.25, 0.3) is 0 Å². The molecule has 3 aromatic rings. The molecule has 0 unspecified atom stereocenters. The fourth-order valence-corrected chi connectivity index (χ4v) is 3.09. The Balaban J connectivity index is 1.46. The topological polar surface area (TPSA) is 35.5 Å². The van der Waals surface area contributed by atoms with Crippen LogP contribution in [-0.4, -0.2) is 12.6 Å². The summed E-state index contributed by atoms with van der Waals surface area (Å²) in [6.45, 7) is 0.640. The van der Waals surface area contributed by atoms with Gasteiger partial charge in [0, 0.05) is 10.3 Å². The third-order valence-corrected chi connectivity index (χ3v) is 4.28. The third kappa shape index (κ3) is 3.65. The maximum Gasteiger partial charge on any atom is 0.309 e. The maximum atomic E-state index is 11.8. The van der Waals surface area contributed by atoms with Crippen LogP contribution in [0, 0.1) is 0 Å². The van der Waals surface area contributed by atoms with Gasteiger partial charge in [0.15, 0.2) is 0 Å². The Hall–Kier alpha value is -2.33. The van der Waals surface area contributed by atoms with E-state index in [2.05, 4.69) is 6.07 Å². The number of benzene rings is 2. The molecule has 2 aromatic carbocycles. The quantitative estimate of drug-likeness (QED) is 0.632. The van der Waals surface area contributed by atoms with Crippen molar-refractivity contribution < 1.29 is 14.3 Å². The minimum absolute atomic E-state index is 0.244. The molecule has 0 spiro atoms. The molecule has 0 radical (unpaired) electrons. The predicted molar refractivity (Wildman–Crippen MR) is 88.2 cm³/mol. The molecule has 0 N–H and O–H groups in total. The maximum absolute atomic E-state index is 11.8. The number of thiophene rings is 1. The van der Waals surface area contributed by atoms with Gasteiger partial charge in [-0.15, -0.1) is 11.3 Å². The molecule has 22 heavy (non-hydrogen) atoms. The van der Waals surface area contributed by atoms with Crippen LogP contribution in [0.5, 0.6) is 5.75 Å². The SMILES string of the molecule is O=C(CCOc1ccccc1)OCc1csc2ccccc12. The molecule has 0 aliphatic carbocycles. The summed E-state index contributed by atoms with van der Waals surface area (Å²) in [5.41, 5.74) is 1.05. The van der Waals surface area contributed by atoms with Crippen LogP contribution in [0.1, 0.15) is 12.0 Å². The standard InChI is InChI=1S/C18H16O3S/c19-18(10-11-20-15-6-2-1-3-7-15)21-12-14-13-22-17-9-5-4-8-16(14)17/h1-9,13H,10-12H2. The van der Waals surface area contributed by atoms with Crippen molar-refractivity contribution in [3.63, 3.8) is 0 Å². The summed E-state index contributed by atoms with van der Waals surface area (Å²) in [4.78, 5) is 11.8. The van der Waals surface area contributed by atoms with Gasteiger partial charge in [-0.2, -0.15) is 0 Å². The first-order valence-electron chi connectivity index (χ1n) is 7.11. The summed E-state index contributed by atoms with van der Waals surface area (Å²) in [7, 11) is 0. The first-order chi connectivity index (χ1) is 10.8. The molecule has 0 aliphatic rings. The van der Waals surface area contributed by atoms with E-state index in [4.69, 9.17) is 9.47 Å².